The highest BCUT2D eigenvalue weighted by Crippen LogP contribution is 2.29. The van der Waals surface area contributed by atoms with Crippen molar-refractivity contribution >= 4 is 23.4 Å². The summed E-state index contributed by atoms with van der Waals surface area (Å²) in [6, 6.07) is 14.5. The molecule has 0 saturated carbocycles. The molecule has 1 atom stereocenters. The van der Waals surface area contributed by atoms with Crippen molar-refractivity contribution in [2.75, 3.05) is 14.2 Å². The van der Waals surface area contributed by atoms with Gasteiger partial charge in [-0.05, 0) is 18.1 Å². The highest BCUT2D eigenvalue weighted by atomic mass is 19.4. The highest BCUT2D eigenvalue weighted by Gasteiger charge is 2.40. The molecule has 0 N–H and O–H groups in total. The number of halogens is 3. The summed E-state index contributed by atoms with van der Waals surface area (Å²) in [7, 11) is 2.20. The number of ether oxygens (including phenoxy) is 3. The molecule has 0 aliphatic carbocycles. The van der Waals surface area contributed by atoms with Gasteiger partial charge in [0.1, 0.15) is 6.61 Å². The molecule has 0 bridgehead atoms. The van der Waals surface area contributed by atoms with Crippen molar-refractivity contribution in [3.05, 3.63) is 77.4 Å². The van der Waals surface area contributed by atoms with Gasteiger partial charge in [-0.3, -0.25) is 0 Å². The van der Waals surface area contributed by atoms with Gasteiger partial charge in [0.25, 0.3) is 5.60 Å². The number of hydrogen-bond acceptors (Lipinski definition) is 7. The fraction of sp³-hybridized carbons (Fsp3) is 0.292. The van der Waals surface area contributed by atoms with Crippen molar-refractivity contribution in [2.24, 2.45) is 5.16 Å². The van der Waals surface area contributed by atoms with Crippen LogP contribution < -0.4 is 0 Å². The number of carbonyl (C=O) groups excluding carboxylic acids is 2. The molecule has 0 amide bonds. The molecule has 2 aromatic rings. The van der Waals surface area contributed by atoms with E-state index in [1.807, 2.05) is 0 Å². The van der Waals surface area contributed by atoms with E-state index in [1.165, 1.54) is 39.2 Å². The van der Waals surface area contributed by atoms with E-state index in [0.29, 0.717) is 5.56 Å². The molecule has 1 unspecified atom stereocenters. The number of benzene rings is 2. The zero-order chi connectivity index (χ0) is 25.4. The Labute approximate surface area is 194 Å². The Hall–Kier alpha value is -3.82. The second kappa shape index (κ2) is 11.4. The summed E-state index contributed by atoms with van der Waals surface area (Å²) in [5.41, 5.74) is -1.47. The maximum atomic E-state index is 13.0. The van der Waals surface area contributed by atoms with E-state index >= 15 is 0 Å². The van der Waals surface area contributed by atoms with Crippen LogP contribution in [0.15, 0.2) is 65.8 Å². The van der Waals surface area contributed by atoms with E-state index in [2.05, 4.69) is 9.89 Å². The monoisotopic (exact) mass is 479 g/mol. The maximum Gasteiger partial charge on any atom is 0.410 e. The molecule has 0 aromatic heterocycles. The van der Waals surface area contributed by atoms with Gasteiger partial charge in [-0.1, -0.05) is 59.8 Å². The Morgan fingerprint density at radius 2 is 1.59 bits per heavy atom. The molecule has 0 aliphatic heterocycles. The van der Waals surface area contributed by atoms with Crippen LogP contribution in [0.25, 0.3) is 5.57 Å². The minimum atomic E-state index is -4.74. The van der Waals surface area contributed by atoms with Crippen molar-refractivity contribution in [3.8, 4) is 0 Å². The van der Waals surface area contributed by atoms with Crippen LogP contribution in [0.4, 0.5) is 13.2 Å². The average molecular weight is 479 g/mol. The van der Waals surface area contributed by atoms with Crippen molar-refractivity contribution in [2.45, 2.75) is 32.2 Å². The number of esters is 2. The SMILES string of the molecule is COC(=O)/C(=C/C(F)(F)F)c1ccccc1CO/C(C)=N\OC(C)(C(=O)OC)c1ccccc1. The lowest BCUT2D eigenvalue weighted by Gasteiger charge is -2.24. The van der Waals surface area contributed by atoms with Crippen LogP contribution in [-0.2, 0) is 40.8 Å². The van der Waals surface area contributed by atoms with Crippen LogP contribution in [0, 0.1) is 0 Å². The summed E-state index contributed by atoms with van der Waals surface area (Å²) in [6.45, 7) is 2.68. The molecule has 0 spiro atoms. The summed E-state index contributed by atoms with van der Waals surface area (Å²) in [5, 5.41) is 3.85. The molecular weight excluding hydrogens is 455 g/mol. The van der Waals surface area contributed by atoms with E-state index in [9.17, 15) is 22.8 Å². The smallest absolute Gasteiger partial charge is 0.410 e. The second-order valence-electron chi connectivity index (χ2n) is 7.13. The zero-order valence-corrected chi connectivity index (χ0v) is 19.0. The predicted octanol–water partition coefficient (Wildman–Crippen LogP) is 4.76. The first kappa shape index (κ1) is 26.4. The van der Waals surface area contributed by atoms with Crippen LogP contribution >= 0.6 is 0 Å². The molecule has 2 aromatic carbocycles. The Balaban J connectivity index is 2.26. The lowest BCUT2D eigenvalue weighted by molar-refractivity contribution is -0.169. The summed E-state index contributed by atoms with van der Waals surface area (Å²) in [4.78, 5) is 29.8. The fourth-order valence-corrected chi connectivity index (χ4v) is 2.95. The normalized spacial score (nSPS) is 14.1. The summed E-state index contributed by atoms with van der Waals surface area (Å²) < 4.78 is 53.8. The fourth-order valence-electron chi connectivity index (χ4n) is 2.95. The summed E-state index contributed by atoms with van der Waals surface area (Å²) in [6.07, 6.45) is -4.86. The van der Waals surface area contributed by atoms with Crippen molar-refractivity contribution in [1.29, 1.82) is 0 Å². The Kier molecular flexibility index (Phi) is 8.83. The molecule has 2 rings (SSSR count). The van der Waals surface area contributed by atoms with Gasteiger partial charge in [0.2, 0.25) is 5.90 Å². The molecule has 0 aliphatic rings. The van der Waals surface area contributed by atoms with Gasteiger partial charge in [0.15, 0.2) is 0 Å². The van der Waals surface area contributed by atoms with Crippen molar-refractivity contribution in [1.82, 2.24) is 0 Å². The first-order valence-electron chi connectivity index (χ1n) is 9.97. The van der Waals surface area contributed by atoms with Crippen molar-refractivity contribution < 1.29 is 41.8 Å². The van der Waals surface area contributed by atoms with Gasteiger partial charge in [0.05, 0.1) is 19.8 Å². The first-order valence-corrected chi connectivity index (χ1v) is 9.97. The largest absolute Gasteiger partial charge is 0.474 e. The molecule has 0 heterocycles. The van der Waals surface area contributed by atoms with Gasteiger partial charge < -0.3 is 19.0 Å². The van der Waals surface area contributed by atoms with Gasteiger partial charge >= 0.3 is 18.1 Å². The Bertz CT molecular complexity index is 1070. The van der Waals surface area contributed by atoms with Crippen LogP contribution in [0.2, 0.25) is 0 Å². The summed E-state index contributed by atoms with van der Waals surface area (Å²) >= 11 is 0. The number of nitrogens with zero attached hydrogens (tertiary/aromatic N) is 1. The molecule has 10 heteroatoms. The number of oxime groups is 1. The van der Waals surface area contributed by atoms with E-state index in [4.69, 9.17) is 14.3 Å². The number of hydrogen-bond donors (Lipinski definition) is 0. The molecule has 7 nitrogen and oxygen atoms in total. The van der Waals surface area contributed by atoms with Crippen LogP contribution in [-0.4, -0.2) is 38.2 Å². The Morgan fingerprint density at radius 1 is 0.971 bits per heavy atom. The number of carbonyl (C=O) groups is 2. The minimum Gasteiger partial charge on any atom is -0.474 e. The molecule has 0 radical (unpaired) electrons. The number of rotatable bonds is 8. The van der Waals surface area contributed by atoms with E-state index in [-0.39, 0.29) is 29.7 Å². The molecule has 0 saturated heterocycles. The van der Waals surface area contributed by atoms with E-state index in [1.54, 1.807) is 36.4 Å². The van der Waals surface area contributed by atoms with E-state index in [0.717, 1.165) is 7.11 Å². The topological polar surface area (TPSA) is 83.4 Å². The van der Waals surface area contributed by atoms with Crippen LogP contribution in [0.3, 0.4) is 0 Å². The van der Waals surface area contributed by atoms with Gasteiger partial charge in [0, 0.05) is 18.6 Å². The van der Waals surface area contributed by atoms with Crippen LogP contribution in [0.1, 0.15) is 30.5 Å². The third kappa shape index (κ3) is 6.84. The second-order valence-corrected chi connectivity index (χ2v) is 7.13. The van der Waals surface area contributed by atoms with Gasteiger partial charge in [-0.2, -0.15) is 13.2 Å². The quantitative estimate of drug-likeness (QED) is 0.179. The standard InChI is InChI=1S/C24H24F3NO6/c1-16(28-34-23(2,22(30)32-4)18-11-6-5-7-12-18)33-15-17-10-8-9-13-19(17)20(21(29)31-3)14-24(25,26)27/h5-14H,15H2,1-4H3/b20-14+,28-16-. The van der Waals surface area contributed by atoms with Gasteiger partial charge in [-0.25, -0.2) is 9.59 Å². The minimum absolute atomic E-state index is 0.0101. The predicted molar refractivity (Wildman–Crippen MR) is 117 cm³/mol. The number of allylic oxidation sites excluding steroid dienone is 1. The van der Waals surface area contributed by atoms with Crippen LogP contribution in [0.5, 0.6) is 0 Å². The molecule has 0 fully saturated rings. The first-order chi connectivity index (χ1) is 16.0. The number of alkyl halides is 3. The molecular formula is C24H24F3NO6. The lowest BCUT2D eigenvalue weighted by atomic mass is 9.96. The van der Waals surface area contributed by atoms with E-state index < -0.39 is 29.3 Å². The molecule has 182 valence electrons. The zero-order valence-electron chi connectivity index (χ0n) is 19.0. The van der Waals surface area contributed by atoms with Gasteiger partial charge in [-0.15, -0.1) is 0 Å². The third-order valence-electron chi connectivity index (χ3n) is 4.71. The lowest BCUT2D eigenvalue weighted by Crippen LogP contribution is -2.35. The molecule has 34 heavy (non-hydrogen) atoms. The maximum absolute atomic E-state index is 13.0. The highest BCUT2D eigenvalue weighted by molar-refractivity contribution is 6.17. The summed E-state index contributed by atoms with van der Waals surface area (Å²) in [5.74, 6) is -1.85. The average Bonchev–Trinajstić information content (AvgIpc) is 2.83. The third-order valence-corrected chi connectivity index (χ3v) is 4.71. The number of methoxy groups -OCH3 is 2. The van der Waals surface area contributed by atoms with Crippen molar-refractivity contribution in [3.63, 3.8) is 0 Å². The Morgan fingerprint density at radius 3 is 2.18 bits per heavy atom.